The monoisotopic (exact) mass is 266 g/mol. The maximum Gasteiger partial charge on any atom is 0.150 e. The van der Waals surface area contributed by atoms with Crippen LogP contribution in [-0.4, -0.2) is 22.9 Å². The van der Waals surface area contributed by atoms with E-state index in [1.165, 1.54) is 0 Å². The van der Waals surface area contributed by atoms with E-state index in [4.69, 9.17) is 5.73 Å². The van der Waals surface area contributed by atoms with Gasteiger partial charge < -0.3 is 10.6 Å². The normalized spacial score (nSPS) is 11.6. The number of rotatable bonds is 7. The molecule has 1 aromatic heterocycles. The summed E-state index contributed by atoms with van der Waals surface area (Å²) < 4.78 is 2.08. The molecule has 0 atom stereocenters. The van der Waals surface area contributed by atoms with Crippen molar-refractivity contribution in [3.05, 3.63) is 5.69 Å². The zero-order chi connectivity index (χ0) is 14.6. The van der Waals surface area contributed by atoms with E-state index < -0.39 is 0 Å². The highest BCUT2D eigenvalue weighted by atomic mass is 15.4. The molecule has 0 saturated carbocycles. The zero-order valence-corrected chi connectivity index (χ0v) is 13.4. The largest absolute Gasteiger partial charge is 0.394 e. The van der Waals surface area contributed by atoms with E-state index >= 15 is 0 Å². The van der Waals surface area contributed by atoms with Crippen LogP contribution in [0.4, 0.5) is 11.5 Å². The van der Waals surface area contributed by atoms with Crippen molar-refractivity contribution in [3.8, 4) is 0 Å². The minimum atomic E-state index is 0.614. The SMILES string of the molecule is CCCn1nc(C)c(N)c1N(CC(C)C)CC(C)C. The zero-order valence-electron chi connectivity index (χ0n) is 13.4. The molecule has 19 heavy (non-hydrogen) atoms. The van der Waals surface area contributed by atoms with Gasteiger partial charge in [0.15, 0.2) is 5.82 Å². The third-order valence-corrected chi connectivity index (χ3v) is 3.05. The molecule has 0 amide bonds. The van der Waals surface area contributed by atoms with Gasteiger partial charge in [-0.25, -0.2) is 4.68 Å². The summed E-state index contributed by atoms with van der Waals surface area (Å²) in [5, 5.41) is 4.59. The Kier molecular flexibility index (Phi) is 5.70. The van der Waals surface area contributed by atoms with E-state index in [9.17, 15) is 0 Å². The molecule has 0 fully saturated rings. The van der Waals surface area contributed by atoms with Crippen molar-refractivity contribution in [2.24, 2.45) is 11.8 Å². The van der Waals surface area contributed by atoms with E-state index in [2.05, 4.69) is 49.3 Å². The molecule has 0 spiro atoms. The Morgan fingerprint density at radius 3 is 2.11 bits per heavy atom. The molecule has 0 aliphatic heterocycles. The summed E-state index contributed by atoms with van der Waals surface area (Å²) in [6.07, 6.45) is 1.07. The second-order valence-corrected chi connectivity index (χ2v) is 6.24. The standard InChI is InChI=1S/C15H30N4/c1-7-8-19-15(14(16)13(6)17-19)18(9-11(2)3)10-12(4)5/h11-12H,7-10,16H2,1-6H3. The molecule has 0 aromatic carbocycles. The van der Waals surface area contributed by atoms with Crippen LogP contribution in [-0.2, 0) is 6.54 Å². The molecule has 0 unspecified atom stereocenters. The highest BCUT2D eigenvalue weighted by Crippen LogP contribution is 2.28. The number of nitrogens with zero attached hydrogens (tertiary/aromatic N) is 3. The first kappa shape index (κ1) is 15.9. The molecular formula is C15H30N4. The molecule has 1 heterocycles. The fourth-order valence-electron chi connectivity index (χ4n) is 2.41. The van der Waals surface area contributed by atoms with E-state index in [0.29, 0.717) is 11.8 Å². The predicted octanol–water partition coefficient (Wildman–Crippen LogP) is 3.30. The maximum atomic E-state index is 6.26. The molecule has 0 aliphatic rings. The number of hydrogen-bond acceptors (Lipinski definition) is 3. The molecule has 0 aliphatic carbocycles. The Labute approximate surface area is 118 Å². The molecule has 0 saturated heterocycles. The van der Waals surface area contributed by atoms with Crippen molar-refractivity contribution in [3.63, 3.8) is 0 Å². The lowest BCUT2D eigenvalue weighted by atomic mass is 10.1. The van der Waals surface area contributed by atoms with Gasteiger partial charge in [-0.1, -0.05) is 34.6 Å². The van der Waals surface area contributed by atoms with Crippen molar-refractivity contribution < 1.29 is 0 Å². The van der Waals surface area contributed by atoms with Crippen LogP contribution in [0.2, 0.25) is 0 Å². The first-order valence-electron chi connectivity index (χ1n) is 7.44. The topological polar surface area (TPSA) is 47.1 Å². The minimum Gasteiger partial charge on any atom is -0.394 e. The number of aryl methyl sites for hydroxylation is 2. The summed E-state index contributed by atoms with van der Waals surface area (Å²) in [7, 11) is 0. The van der Waals surface area contributed by atoms with Crippen LogP contribution in [0.15, 0.2) is 0 Å². The van der Waals surface area contributed by atoms with Crippen LogP contribution in [0.5, 0.6) is 0 Å². The molecule has 1 aromatic rings. The van der Waals surface area contributed by atoms with Crippen LogP contribution in [0.3, 0.4) is 0 Å². The quantitative estimate of drug-likeness (QED) is 0.823. The summed E-state index contributed by atoms with van der Waals surface area (Å²) in [5.74, 6) is 2.34. The molecule has 4 nitrogen and oxygen atoms in total. The Hall–Kier alpha value is -1.19. The Morgan fingerprint density at radius 1 is 1.16 bits per heavy atom. The first-order chi connectivity index (χ1) is 8.86. The Bertz CT molecular complexity index is 383. The molecule has 0 bridgehead atoms. The van der Waals surface area contributed by atoms with Gasteiger partial charge in [0.05, 0.1) is 11.4 Å². The van der Waals surface area contributed by atoms with Gasteiger partial charge in [-0.05, 0) is 25.2 Å². The lowest BCUT2D eigenvalue weighted by Crippen LogP contribution is -2.33. The van der Waals surface area contributed by atoms with E-state index in [1.54, 1.807) is 0 Å². The van der Waals surface area contributed by atoms with Gasteiger partial charge in [-0.15, -0.1) is 0 Å². The first-order valence-corrected chi connectivity index (χ1v) is 7.44. The maximum absolute atomic E-state index is 6.26. The van der Waals surface area contributed by atoms with Crippen molar-refractivity contribution in [2.45, 2.75) is 54.5 Å². The Balaban J connectivity index is 3.11. The van der Waals surface area contributed by atoms with Crippen molar-refractivity contribution >= 4 is 11.5 Å². The number of nitrogen functional groups attached to an aromatic ring is 1. The van der Waals surface area contributed by atoms with Gasteiger partial charge in [0, 0.05) is 19.6 Å². The number of nitrogens with two attached hydrogens (primary N) is 1. The summed E-state index contributed by atoms with van der Waals surface area (Å²) in [4.78, 5) is 2.40. The smallest absolute Gasteiger partial charge is 0.150 e. The van der Waals surface area contributed by atoms with Crippen molar-refractivity contribution in [2.75, 3.05) is 23.7 Å². The average molecular weight is 266 g/mol. The number of aromatic nitrogens is 2. The van der Waals surface area contributed by atoms with Gasteiger partial charge in [-0.3, -0.25) is 0 Å². The summed E-state index contributed by atoms with van der Waals surface area (Å²) in [5.41, 5.74) is 8.05. The van der Waals surface area contributed by atoms with Gasteiger partial charge in [0.1, 0.15) is 0 Å². The van der Waals surface area contributed by atoms with Crippen LogP contribution in [0, 0.1) is 18.8 Å². The Morgan fingerprint density at radius 2 is 1.68 bits per heavy atom. The van der Waals surface area contributed by atoms with Gasteiger partial charge in [0.2, 0.25) is 0 Å². The second-order valence-electron chi connectivity index (χ2n) is 6.24. The molecule has 2 N–H and O–H groups in total. The van der Waals surface area contributed by atoms with Crippen LogP contribution >= 0.6 is 0 Å². The lowest BCUT2D eigenvalue weighted by Gasteiger charge is -2.29. The molecule has 110 valence electrons. The van der Waals surface area contributed by atoms with Crippen molar-refractivity contribution in [1.29, 1.82) is 0 Å². The third kappa shape index (κ3) is 4.15. The van der Waals surface area contributed by atoms with Crippen LogP contribution in [0.1, 0.15) is 46.7 Å². The third-order valence-electron chi connectivity index (χ3n) is 3.05. The van der Waals surface area contributed by atoms with Gasteiger partial charge >= 0.3 is 0 Å². The molecular weight excluding hydrogens is 236 g/mol. The van der Waals surface area contributed by atoms with E-state index in [1.807, 2.05) is 6.92 Å². The average Bonchev–Trinajstić information content (AvgIpc) is 2.53. The predicted molar refractivity (Wildman–Crippen MR) is 83.6 cm³/mol. The number of anilines is 2. The van der Waals surface area contributed by atoms with E-state index in [0.717, 1.165) is 43.3 Å². The second kappa shape index (κ2) is 6.83. The summed E-state index contributed by atoms with van der Waals surface area (Å²) in [6.45, 7) is 16.1. The van der Waals surface area contributed by atoms with Gasteiger partial charge in [-0.2, -0.15) is 5.10 Å². The fraction of sp³-hybridized carbons (Fsp3) is 0.800. The highest BCUT2D eigenvalue weighted by molar-refractivity contribution is 5.66. The lowest BCUT2D eigenvalue weighted by molar-refractivity contribution is 0.522. The van der Waals surface area contributed by atoms with Crippen LogP contribution in [0.25, 0.3) is 0 Å². The van der Waals surface area contributed by atoms with E-state index in [-0.39, 0.29) is 0 Å². The fourth-order valence-corrected chi connectivity index (χ4v) is 2.41. The highest BCUT2D eigenvalue weighted by Gasteiger charge is 2.20. The summed E-state index contributed by atoms with van der Waals surface area (Å²) in [6, 6.07) is 0. The van der Waals surface area contributed by atoms with Crippen LogP contribution < -0.4 is 10.6 Å². The molecule has 1 rings (SSSR count). The minimum absolute atomic E-state index is 0.614. The van der Waals surface area contributed by atoms with Crippen molar-refractivity contribution in [1.82, 2.24) is 9.78 Å². The number of hydrogen-bond donors (Lipinski definition) is 1. The molecule has 0 radical (unpaired) electrons. The molecule has 4 heteroatoms. The summed E-state index contributed by atoms with van der Waals surface area (Å²) >= 11 is 0. The van der Waals surface area contributed by atoms with Gasteiger partial charge in [0.25, 0.3) is 0 Å².